The summed E-state index contributed by atoms with van der Waals surface area (Å²) in [5.41, 5.74) is 2.60. The van der Waals surface area contributed by atoms with Gasteiger partial charge in [-0.05, 0) is 57.2 Å². The molecule has 0 aromatic heterocycles. The minimum absolute atomic E-state index is 0.0879. The lowest BCUT2D eigenvalue weighted by Crippen LogP contribution is -2.35. The van der Waals surface area contributed by atoms with E-state index in [0.717, 1.165) is 23.2 Å². The summed E-state index contributed by atoms with van der Waals surface area (Å²) in [5, 5.41) is 0. The van der Waals surface area contributed by atoms with Gasteiger partial charge in [0.15, 0.2) is 0 Å². The van der Waals surface area contributed by atoms with Crippen LogP contribution in [-0.4, -0.2) is 30.8 Å². The van der Waals surface area contributed by atoms with Crippen molar-refractivity contribution >= 4 is 17.7 Å². The molecule has 1 aliphatic heterocycles. The number of fused-ring (bicyclic) bond motifs is 1. The number of anilines is 1. The molecule has 24 heavy (non-hydrogen) atoms. The largest absolute Gasteiger partial charge is 0.466 e. The number of hydrogen-bond donors (Lipinski definition) is 0. The first-order valence-electron chi connectivity index (χ1n) is 8.50. The Hall–Kier alpha value is -2.04. The van der Waals surface area contributed by atoms with E-state index in [9.17, 15) is 9.59 Å². The molecule has 1 aromatic carbocycles. The maximum Gasteiger partial charge on any atom is 0.414 e. The molecular weight excluding hydrogens is 306 g/mol. The molecule has 1 atom stereocenters. The minimum Gasteiger partial charge on any atom is -0.466 e. The summed E-state index contributed by atoms with van der Waals surface area (Å²) in [5.74, 6) is -0.0918. The number of hydrogen-bond acceptors (Lipinski definition) is 4. The van der Waals surface area contributed by atoms with Crippen molar-refractivity contribution in [1.29, 1.82) is 0 Å². The molecule has 0 radical (unpaired) electrons. The number of rotatable bonds is 4. The second-order valence-corrected chi connectivity index (χ2v) is 7.18. The van der Waals surface area contributed by atoms with Crippen molar-refractivity contribution in [3.05, 3.63) is 29.3 Å². The van der Waals surface area contributed by atoms with E-state index in [1.54, 1.807) is 4.90 Å². The summed E-state index contributed by atoms with van der Waals surface area (Å²) < 4.78 is 10.5. The lowest BCUT2D eigenvalue weighted by molar-refractivity contribution is -0.143. The molecule has 1 unspecified atom stereocenters. The van der Waals surface area contributed by atoms with Crippen LogP contribution in [0.25, 0.3) is 0 Å². The van der Waals surface area contributed by atoms with Gasteiger partial charge < -0.3 is 9.47 Å². The molecule has 1 heterocycles. The molecule has 2 rings (SSSR count). The van der Waals surface area contributed by atoms with Crippen molar-refractivity contribution in [2.75, 3.05) is 18.1 Å². The molecule has 5 nitrogen and oxygen atoms in total. The number of carbonyl (C=O) groups is 2. The Morgan fingerprint density at radius 1 is 1.29 bits per heavy atom. The normalized spacial score (nSPS) is 15.0. The summed E-state index contributed by atoms with van der Waals surface area (Å²) in [4.78, 5) is 25.6. The Bertz CT molecular complexity index is 618. The van der Waals surface area contributed by atoms with Gasteiger partial charge in [-0.3, -0.25) is 9.69 Å². The quantitative estimate of drug-likeness (QED) is 0.780. The van der Waals surface area contributed by atoms with E-state index in [1.165, 1.54) is 0 Å². The fraction of sp³-hybridized carbons (Fsp3) is 0.579. The summed E-state index contributed by atoms with van der Waals surface area (Å²) >= 11 is 0. The van der Waals surface area contributed by atoms with Gasteiger partial charge in [0, 0.05) is 6.54 Å². The van der Waals surface area contributed by atoms with Crippen molar-refractivity contribution in [3.8, 4) is 0 Å². The number of ether oxygens (including phenoxy) is 2. The van der Waals surface area contributed by atoms with Crippen LogP contribution < -0.4 is 4.90 Å². The highest BCUT2D eigenvalue weighted by Gasteiger charge is 2.29. The molecule has 0 bridgehead atoms. The Morgan fingerprint density at radius 3 is 2.62 bits per heavy atom. The summed E-state index contributed by atoms with van der Waals surface area (Å²) in [6, 6.07) is 6.01. The maximum absolute atomic E-state index is 12.3. The zero-order valence-electron chi connectivity index (χ0n) is 15.2. The van der Waals surface area contributed by atoms with Crippen LogP contribution in [0.4, 0.5) is 10.5 Å². The van der Waals surface area contributed by atoms with Gasteiger partial charge in [-0.2, -0.15) is 0 Å². The van der Waals surface area contributed by atoms with Crippen LogP contribution in [0.1, 0.15) is 58.1 Å². The Balaban J connectivity index is 2.10. The van der Waals surface area contributed by atoms with Crippen molar-refractivity contribution in [2.24, 2.45) is 0 Å². The molecule has 1 amide bonds. The summed E-state index contributed by atoms with van der Waals surface area (Å²) in [6.45, 7) is 10.4. The highest BCUT2D eigenvalue weighted by atomic mass is 16.6. The van der Waals surface area contributed by atoms with Gasteiger partial charge in [0.2, 0.25) is 0 Å². The smallest absolute Gasteiger partial charge is 0.414 e. The standard InChI is InChI=1S/C19H27NO4/c1-6-23-17(21)11-13(2)14-7-8-16-15(12-14)9-10-20(16)18(22)24-19(3,4)5/h7-8,12-13H,6,9-11H2,1-5H3. The topological polar surface area (TPSA) is 55.8 Å². The van der Waals surface area contributed by atoms with Crippen LogP contribution in [0, 0.1) is 0 Å². The number of esters is 1. The first-order valence-corrected chi connectivity index (χ1v) is 8.50. The third-order valence-corrected chi connectivity index (χ3v) is 3.96. The lowest BCUT2D eigenvalue weighted by atomic mass is 9.95. The predicted molar refractivity (Wildman–Crippen MR) is 93.4 cm³/mol. The van der Waals surface area contributed by atoms with E-state index in [-0.39, 0.29) is 18.0 Å². The van der Waals surface area contributed by atoms with Gasteiger partial charge in [-0.1, -0.05) is 19.1 Å². The molecule has 132 valence electrons. The van der Waals surface area contributed by atoms with Gasteiger partial charge in [0.1, 0.15) is 5.60 Å². The van der Waals surface area contributed by atoms with Crippen LogP contribution in [0.5, 0.6) is 0 Å². The van der Waals surface area contributed by atoms with Gasteiger partial charge in [0.05, 0.1) is 18.7 Å². The average molecular weight is 333 g/mol. The van der Waals surface area contributed by atoms with Gasteiger partial charge >= 0.3 is 12.1 Å². The van der Waals surface area contributed by atoms with Crippen LogP contribution in [-0.2, 0) is 20.7 Å². The Labute approximate surface area is 143 Å². The van der Waals surface area contributed by atoms with Crippen LogP contribution in [0.15, 0.2) is 18.2 Å². The highest BCUT2D eigenvalue weighted by molar-refractivity contribution is 5.90. The Kier molecular flexibility index (Phi) is 5.52. The molecule has 1 aromatic rings. The molecule has 0 aliphatic carbocycles. The molecule has 5 heteroatoms. The second-order valence-electron chi connectivity index (χ2n) is 7.18. The highest BCUT2D eigenvalue weighted by Crippen LogP contribution is 2.32. The van der Waals surface area contributed by atoms with E-state index >= 15 is 0 Å². The van der Waals surface area contributed by atoms with Crippen molar-refractivity contribution in [3.63, 3.8) is 0 Å². The molecule has 0 N–H and O–H groups in total. The zero-order chi connectivity index (χ0) is 17.9. The fourth-order valence-electron chi connectivity index (χ4n) is 2.82. The summed E-state index contributed by atoms with van der Waals surface area (Å²) in [6.07, 6.45) is 0.852. The number of benzene rings is 1. The minimum atomic E-state index is -0.506. The first-order chi connectivity index (χ1) is 11.2. The van der Waals surface area contributed by atoms with E-state index < -0.39 is 5.60 Å². The monoisotopic (exact) mass is 333 g/mol. The van der Waals surface area contributed by atoms with Crippen molar-refractivity contribution in [1.82, 2.24) is 0 Å². The first kappa shape index (κ1) is 18.3. The van der Waals surface area contributed by atoms with Gasteiger partial charge in [-0.15, -0.1) is 0 Å². The van der Waals surface area contributed by atoms with Crippen molar-refractivity contribution in [2.45, 2.75) is 59.0 Å². The second kappa shape index (κ2) is 7.24. The van der Waals surface area contributed by atoms with E-state index in [1.807, 2.05) is 46.8 Å². The Morgan fingerprint density at radius 2 is 2.00 bits per heavy atom. The van der Waals surface area contributed by atoms with Crippen molar-refractivity contribution < 1.29 is 19.1 Å². The molecule has 0 saturated carbocycles. The number of amides is 1. The molecular formula is C19H27NO4. The van der Waals surface area contributed by atoms with E-state index in [0.29, 0.717) is 19.6 Å². The summed E-state index contributed by atoms with van der Waals surface area (Å²) in [7, 11) is 0. The third-order valence-electron chi connectivity index (χ3n) is 3.96. The number of carbonyl (C=O) groups excluding carboxylic acids is 2. The van der Waals surface area contributed by atoms with E-state index in [2.05, 4.69) is 6.07 Å². The lowest BCUT2D eigenvalue weighted by Gasteiger charge is -2.25. The fourth-order valence-corrected chi connectivity index (χ4v) is 2.82. The van der Waals surface area contributed by atoms with Crippen LogP contribution in [0.2, 0.25) is 0 Å². The van der Waals surface area contributed by atoms with E-state index in [4.69, 9.17) is 9.47 Å². The predicted octanol–water partition coefficient (Wildman–Crippen LogP) is 4.04. The average Bonchev–Trinajstić information content (AvgIpc) is 2.88. The molecule has 1 aliphatic rings. The number of nitrogens with zero attached hydrogens (tertiary/aromatic N) is 1. The zero-order valence-corrected chi connectivity index (χ0v) is 15.2. The molecule has 0 fully saturated rings. The van der Waals surface area contributed by atoms with Crippen LogP contribution >= 0.6 is 0 Å². The van der Waals surface area contributed by atoms with Gasteiger partial charge in [-0.25, -0.2) is 4.79 Å². The van der Waals surface area contributed by atoms with Gasteiger partial charge in [0.25, 0.3) is 0 Å². The van der Waals surface area contributed by atoms with Crippen LogP contribution in [0.3, 0.4) is 0 Å². The SMILES string of the molecule is CCOC(=O)CC(C)c1ccc2c(c1)CCN2C(=O)OC(C)(C)C. The maximum atomic E-state index is 12.3. The third kappa shape index (κ3) is 4.49. The molecule has 0 saturated heterocycles. The molecule has 0 spiro atoms.